The van der Waals surface area contributed by atoms with Gasteiger partial charge in [-0.15, -0.1) is 0 Å². The van der Waals surface area contributed by atoms with E-state index in [2.05, 4.69) is 44.2 Å². The highest BCUT2D eigenvalue weighted by molar-refractivity contribution is 5.14. The average Bonchev–Trinajstić information content (AvgIpc) is 2.16. The Labute approximate surface area is 75.7 Å². The molecule has 1 unspecified atom stereocenters. The largest absolute Gasteiger partial charge is 0.0842 e. The summed E-state index contributed by atoms with van der Waals surface area (Å²) in [6.07, 6.45) is 14.9. The van der Waals surface area contributed by atoms with Crippen molar-refractivity contribution in [3.05, 3.63) is 36.0 Å². The molecule has 0 N–H and O–H groups in total. The molecule has 0 aliphatic heterocycles. The monoisotopic (exact) mass is 162 g/mol. The topological polar surface area (TPSA) is 0 Å². The number of allylic oxidation sites excluding steroid dienone is 6. The Kier molecular flexibility index (Phi) is 3.86. The third-order valence-corrected chi connectivity index (χ3v) is 2.28. The highest BCUT2D eigenvalue weighted by Crippen LogP contribution is 2.15. The lowest BCUT2D eigenvalue weighted by molar-refractivity contribution is 0.761. The minimum absolute atomic E-state index is 0.646. The van der Waals surface area contributed by atoms with Gasteiger partial charge in [-0.3, -0.25) is 0 Å². The molecule has 0 aromatic carbocycles. The molecule has 0 heteroatoms. The molecule has 12 heavy (non-hydrogen) atoms. The van der Waals surface area contributed by atoms with E-state index < -0.39 is 0 Å². The molecular formula is C12H18. The SMILES string of the molecule is CCC1C=CC=CCCC(C)=C1. The van der Waals surface area contributed by atoms with Crippen LogP contribution in [0.5, 0.6) is 0 Å². The van der Waals surface area contributed by atoms with Gasteiger partial charge >= 0.3 is 0 Å². The molecule has 66 valence electrons. The second-order valence-corrected chi connectivity index (χ2v) is 3.44. The summed E-state index contributed by atoms with van der Waals surface area (Å²) in [5.74, 6) is 0.646. The van der Waals surface area contributed by atoms with Crippen molar-refractivity contribution >= 4 is 0 Å². The second kappa shape index (κ2) is 4.97. The van der Waals surface area contributed by atoms with Crippen molar-refractivity contribution in [3.63, 3.8) is 0 Å². The molecule has 0 aromatic heterocycles. The van der Waals surface area contributed by atoms with Gasteiger partial charge in [-0.2, -0.15) is 0 Å². The maximum Gasteiger partial charge on any atom is -0.00504 e. The quantitative estimate of drug-likeness (QED) is 0.513. The van der Waals surface area contributed by atoms with E-state index in [9.17, 15) is 0 Å². The van der Waals surface area contributed by atoms with Crippen LogP contribution in [0.1, 0.15) is 33.1 Å². The normalized spacial score (nSPS) is 24.2. The van der Waals surface area contributed by atoms with Gasteiger partial charge in [0, 0.05) is 0 Å². The van der Waals surface area contributed by atoms with Crippen LogP contribution in [0.2, 0.25) is 0 Å². The zero-order valence-corrected chi connectivity index (χ0v) is 8.09. The van der Waals surface area contributed by atoms with Crippen molar-refractivity contribution in [2.24, 2.45) is 5.92 Å². The standard InChI is InChI=1S/C12H18/c1-3-12-9-7-5-4-6-8-11(2)10-12/h4-5,7,9-10,12H,3,6,8H2,1-2H3. The fourth-order valence-electron chi connectivity index (χ4n) is 1.45. The molecule has 0 amide bonds. The van der Waals surface area contributed by atoms with Crippen LogP contribution in [-0.2, 0) is 0 Å². The molecule has 0 radical (unpaired) electrons. The Morgan fingerprint density at radius 2 is 2.25 bits per heavy atom. The van der Waals surface area contributed by atoms with Gasteiger partial charge in [-0.1, -0.05) is 42.9 Å². The summed E-state index contributed by atoms with van der Waals surface area (Å²) in [7, 11) is 0. The minimum Gasteiger partial charge on any atom is -0.0842 e. The average molecular weight is 162 g/mol. The van der Waals surface area contributed by atoms with Gasteiger partial charge in [0.15, 0.2) is 0 Å². The molecule has 0 saturated heterocycles. The summed E-state index contributed by atoms with van der Waals surface area (Å²) in [6, 6.07) is 0. The van der Waals surface area contributed by atoms with E-state index in [1.54, 1.807) is 0 Å². The summed E-state index contributed by atoms with van der Waals surface area (Å²) in [5, 5.41) is 0. The van der Waals surface area contributed by atoms with Crippen molar-refractivity contribution in [2.75, 3.05) is 0 Å². The Balaban J connectivity index is 2.70. The Morgan fingerprint density at radius 1 is 1.42 bits per heavy atom. The summed E-state index contributed by atoms with van der Waals surface area (Å²) >= 11 is 0. The van der Waals surface area contributed by atoms with Crippen molar-refractivity contribution in [1.82, 2.24) is 0 Å². The third kappa shape index (κ3) is 3.08. The van der Waals surface area contributed by atoms with Gasteiger partial charge in [-0.25, -0.2) is 0 Å². The lowest BCUT2D eigenvalue weighted by atomic mass is 10.0. The fourth-order valence-corrected chi connectivity index (χ4v) is 1.45. The first-order valence-corrected chi connectivity index (χ1v) is 4.83. The lowest BCUT2D eigenvalue weighted by Crippen LogP contribution is -1.89. The van der Waals surface area contributed by atoms with Crippen LogP contribution in [0.4, 0.5) is 0 Å². The Hall–Kier alpha value is -0.780. The summed E-state index contributed by atoms with van der Waals surface area (Å²) in [5.41, 5.74) is 1.53. The zero-order valence-electron chi connectivity index (χ0n) is 8.09. The van der Waals surface area contributed by atoms with Crippen LogP contribution in [0.25, 0.3) is 0 Å². The maximum atomic E-state index is 2.39. The Morgan fingerprint density at radius 3 is 3.00 bits per heavy atom. The molecular weight excluding hydrogens is 144 g/mol. The van der Waals surface area contributed by atoms with Crippen molar-refractivity contribution < 1.29 is 0 Å². The van der Waals surface area contributed by atoms with E-state index in [1.807, 2.05) is 0 Å². The van der Waals surface area contributed by atoms with Gasteiger partial charge in [0.05, 0.1) is 0 Å². The second-order valence-electron chi connectivity index (χ2n) is 3.44. The molecule has 1 aliphatic carbocycles. The predicted molar refractivity (Wildman–Crippen MR) is 55.1 cm³/mol. The lowest BCUT2D eigenvalue weighted by Gasteiger charge is -2.04. The molecule has 0 saturated carbocycles. The molecule has 0 aromatic rings. The molecule has 1 atom stereocenters. The van der Waals surface area contributed by atoms with Crippen LogP contribution in [0.15, 0.2) is 36.0 Å². The maximum absolute atomic E-state index is 2.39. The zero-order chi connectivity index (χ0) is 8.81. The van der Waals surface area contributed by atoms with Gasteiger partial charge in [-0.05, 0) is 32.1 Å². The molecule has 0 fully saturated rings. The third-order valence-electron chi connectivity index (χ3n) is 2.28. The van der Waals surface area contributed by atoms with E-state index in [0.29, 0.717) is 5.92 Å². The van der Waals surface area contributed by atoms with Crippen LogP contribution in [0.3, 0.4) is 0 Å². The van der Waals surface area contributed by atoms with Crippen LogP contribution in [-0.4, -0.2) is 0 Å². The van der Waals surface area contributed by atoms with Crippen molar-refractivity contribution in [1.29, 1.82) is 0 Å². The number of hydrogen-bond acceptors (Lipinski definition) is 0. The smallest absolute Gasteiger partial charge is 0.00504 e. The number of rotatable bonds is 1. The van der Waals surface area contributed by atoms with E-state index >= 15 is 0 Å². The molecule has 0 spiro atoms. The minimum atomic E-state index is 0.646. The van der Waals surface area contributed by atoms with E-state index in [1.165, 1.54) is 24.8 Å². The van der Waals surface area contributed by atoms with Crippen molar-refractivity contribution in [2.45, 2.75) is 33.1 Å². The van der Waals surface area contributed by atoms with Crippen molar-refractivity contribution in [3.8, 4) is 0 Å². The predicted octanol–water partition coefficient (Wildman–Crippen LogP) is 3.87. The van der Waals surface area contributed by atoms with E-state index in [0.717, 1.165) is 0 Å². The molecule has 0 bridgehead atoms. The molecule has 1 rings (SSSR count). The Bertz CT molecular complexity index is 206. The van der Waals surface area contributed by atoms with Gasteiger partial charge in [0.25, 0.3) is 0 Å². The first-order chi connectivity index (χ1) is 5.83. The van der Waals surface area contributed by atoms with Crippen LogP contribution >= 0.6 is 0 Å². The van der Waals surface area contributed by atoms with Gasteiger partial charge in [0.2, 0.25) is 0 Å². The summed E-state index contributed by atoms with van der Waals surface area (Å²) < 4.78 is 0. The van der Waals surface area contributed by atoms with Gasteiger partial charge in [0.1, 0.15) is 0 Å². The number of hydrogen-bond donors (Lipinski definition) is 0. The molecule has 0 heterocycles. The van der Waals surface area contributed by atoms with E-state index in [4.69, 9.17) is 0 Å². The van der Waals surface area contributed by atoms with Crippen LogP contribution in [0, 0.1) is 5.92 Å². The molecule has 0 nitrogen and oxygen atoms in total. The highest BCUT2D eigenvalue weighted by Gasteiger charge is 1.98. The fraction of sp³-hybridized carbons (Fsp3) is 0.500. The summed E-state index contributed by atoms with van der Waals surface area (Å²) in [4.78, 5) is 0. The summed E-state index contributed by atoms with van der Waals surface area (Å²) in [6.45, 7) is 4.47. The first kappa shape index (κ1) is 9.31. The van der Waals surface area contributed by atoms with E-state index in [-0.39, 0.29) is 0 Å². The van der Waals surface area contributed by atoms with Crippen LogP contribution < -0.4 is 0 Å². The highest BCUT2D eigenvalue weighted by atomic mass is 14.0. The molecule has 1 aliphatic rings. The first-order valence-electron chi connectivity index (χ1n) is 4.83. The van der Waals surface area contributed by atoms with Gasteiger partial charge < -0.3 is 0 Å².